The molecule has 1 heterocycles. The molecule has 0 amide bonds. The second-order valence-corrected chi connectivity index (χ2v) is 8.80. The Labute approximate surface area is 214 Å². The van der Waals surface area contributed by atoms with Gasteiger partial charge in [0.05, 0.1) is 38.6 Å². The van der Waals surface area contributed by atoms with Gasteiger partial charge in [-0.25, -0.2) is 0 Å². The van der Waals surface area contributed by atoms with Gasteiger partial charge in [-0.15, -0.1) is 0 Å². The molecule has 0 spiro atoms. The van der Waals surface area contributed by atoms with Crippen molar-refractivity contribution in [3.05, 3.63) is 47.5 Å². The van der Waals surface area contributed by atoms with Crippen LogP contribution in [0.5, 0.6) is 23.0 Å². The molecule has 2 atom stereocenters. The van der Waals surface area contributed by atoms with E-state index in [1.807, 2.05) is 43.3 Å². The molecule has 8 nitrogen and oxygen atoms in total. The monoisotopic (exact) mass is 504 g/mol. The third kappa shape index (κ3) is 9.50. The molecule has 0 aliphatic carbocycles. The second-order valence-electron chi connectivity index (χ2n) is 8.80. The van der Waals surface area contributed by atoms with Gasteiger partial charge in [0.2, 0.25) is 0 Å². The summed E-state index contributed by atoms with van der Waals surface area (Å²) in [6.07, 6.45) is 2.12. The zero-order valence-corrected chi connectivity index (χ0v) is 21.4. The lowest BCUT2D eigenvalue weighted by Crippen LogP contribution is -2.15. The number of hydrogen-bond donors (Lipinski definition) is 2. The summed E-state index contributed by atoms with van der Waals surface area (Å²) in [6, 6.07) is 11.4. The molecule has 1 aliphatic rings. The Bertz CT molecular complexity index is 901. The van der Waals surface area contributed by atoms with E-state index in [4.69, 9.17) is 28.4 Å². The van der Waals surface area contributed by atoms with E-state index in [-0.39, 0.29) is 6.10 Å². The van der Waals surface area contributed by atoms with Crippen LogP contribution >= 0.6 is 0 Å². The van der Waals surface area contributed by atoms with Crippen LogP contribution in [0.3, 0.4) is 0 Å². The van der Waals surface area contributed by atoms with Crippen LogP contribution in [0, 0.1) is 0 Å². The van der Waals surface area contributed by atoms with Gasteiger partial charge in [0.15, 0.2) is 23.0 Å². The van der Waals surface area contributed by atoms with Crippen LogP contribution in [0.2, 0.25) is 0 Å². The summed E-state index contributed by atoms with van der Waals surface area (Å²) in [4.78, 5) is 0. The lowest BCUT2D eigenvalue weighted by atomic mass is 10.0. The summed E-state index contributed by atoms with van der Waals surface area (Å²) in [7, 11) is 0. The first kappa shape index (κ1) is 28.1. The molecule has 0 fully saturated rings. The van der Waals surface area contributed by atoms with Crippen LogP contribution in [0.25, 0.3) is 0 Å². The standard InChI is InChI=1S/C28H40O8/c1-3-4-24(30)23-8-10-26-28(20-23)36-18-14-32-13-17-35-27-19-22(6-5-21(2)29)7-9-25(27)33-15-11-31-12-16-34-26/h7-10,19-21,24,29-30H,3-6,11-18H2,1-2H3. The van der Waals surface area contributed by atoms with Crippen LogP contribution < -0.4 is 18.9 Å². The molecule has 8 heteroatoms. The molecule has 1 aliphatic heterocycles. The summed E-state index contributed by atoms with van der Waals surface area (Å²) < 4.78 is 35.1. The van der Waals surface area contributed by atoms with Gasteiger partial charge in [0.25, 0.3) is 0 Å². The average molecular weight is 505 g/mol. The molecule has 0 saturated carbocycles. The molecule has 36 heavy (non-hydrogen) atoms. The maximum absolute atomic E-state index is 10.4. The van der Waals surface area contributed by atoms with Crippen molar-refractivity contribution in [3.8, 4) is 23.0 Å². The molecular formula is C28H40O8. The third-order valence-corrected chi connectivity index (χ3v) is 5.71. The fourth-order valence-corrected chi connectivity index (χ4v) is 3.77. The Morgan fingerprint density at radius 1 is 0.667 bits per heavy atom. The SMILES string of the molecule is CCCC(O)c1ccc2c(c1)OCCOCCOc1cc(CCC(C)O)ccc1OCCOCCO2. The van der Waals surface area contributed by atoms with Crippen LogP contribution in [0.1, 0.15) is 50.3 Å². The predicted octanol–water partition coefficient (Wildman–Crippen LogP) is 4.10. The van der Waals surface area contributed by atoms with Gasteiger partial charge >= 0.3 is 0 Å². The van der Waals surface area contributed by atoms with E-state index in [9.17, 15) is 10.2 Å². The Morgan fingerprint density at radius 3 is 1.75 bits per heavy atom. The molecule has 0 bridgehead atoms. The first-order chi connectivity index (χ1) is 17.6. The number of rotatable bonds is 6. The van der Waals surface area contributed by atoms with Gasteiger partial charge in [0, 0.05) is 0 Å². The van der Waals surface area contributed by atoms with E-state index >= 15 is 0 Å². The minimum atomic E-state index is -0.538. The van der Waals surface area contributed by atoms with Gasteiger partial charge < -0.3 is 38.6 Å². The zero-order valence-electron chi connectivity index (χ0n) is 21.4. The topological polar surface area (TPSA) is 95.8 Å². The van der Waals surface area contributed by atoms with Crippen LogP contribution in [0.4, 0.5) is 0 Å². The number of hydrogen-bond acceptors (Lipinski definition) is 8. The highest BCUT2D eigenvalue weighted by Gasteiger charge is 2.13. The Balaban J connectivity index is 1.61. The second kappa shape index (κ2) is 15.6. The Kier molecular flexibility index (Phi) is 12.1. The third-order valence-electron chi connectivity index (χ3n) is 5.71. The smallest absolute Gasteiger partial charge is 0.161 e. The van der Waals surface area contributed by atoms with E-state index in [1.165, 1.54) is 0 Å². The minimum absolute atomic E-state index is 0.337. The van der Waals surface area contributed by atoms with Crippen molar-refractivity contribution in [1.29, 1.82) is 0 Å². The van der Waals surface area contributed by atoms with Crippen LogP contribution in [-0.2, 0) is 15.9 Å². The molecule has 3 rings (SSSR count). The number of aliphatic hydroxyl groups is 2. The van der Waals surface area contributed by atoms with Gasteiger partial charge in [-0.1, -0.05) is 25.5 Å². The van der Waals surface area contributed by atoms with Crippen LogP contribution in [-0.4, -0.2) is 69.2 Å². The van der Waals surface area contributed by atoms with Crippen molar-refractivity contribution in [3.63, 3.8) is 0 Å². The summed E-state index contributed by atoms with van der Waals surface area (Å²) in [5.74, 6) is 2.47. The molecular weight excluding hydrogens is 464 g/mol. The molecule has 0 radical (unpaired) electrons. The average Bonchev–Trinajstić information content (AvgIpc) is 2.87. The van der Waals surface area contributed by atoms with Crippen molar-refractivity contribution in [2.75, 3.05) is 52.9 Å². The van der Waals surface area contributed by atoms with E-state index in [0.717, 1.165) is 24.0 Å². The van der Waals surface area contributed by atoms with Gasteiger partial charge in [-0.05, 0) is 61.6 Å². The summed E-state index contributed by atoms with van der Waals surface area (Å²) in [5.41, 5.74) is 1.88. The molecule has 0 saturated heterocycles. The fourth-order valence-electron chi connectivity index (χ4n) is 3.77. The number of aryl methyl sites for hydroxylation is 1. The van der Waals surface area contributed by atoms with Crippen molar-refractivity contribution in [1.82, 2.24) is 0 Å². The quantitative estimate of drug-likeness (QED) is 0.607. The fraction of sp³-hybridized carbons (Fsp3) is 0.571. The van der Waals surface area contributed by atoms with E-state index in [2.05, 4.69) is 0 Å². The number of ether oxygens (including phenoxy) is 6. The van der Waals surface area contributed by atoms with Crippen molar-refractivity contribution in [2.45, 2.75) is 51.7 Å². The maximum Gasteiger partial charge on any atom is 0.161 e. The summed E-state index contributed by atoms with van der Waals surface area (Å²) in [6.45, 7) is 6.83. The van der Waals surface area contributed by atoms with Gasteiger partial charge in [-0.3, -0.25) is 0 Å². The first-order valence-corrected chi connectivity index (χ1v) is 12.9. The van der Waals surface area contributed by atoms with E-state index < -0.39 is 6.10 Å². The molecule has 2 unspecified atom stereocenters. The van der Waals surface area contributed by atoms with Gasteiger partial charge in [-0.2, -0.15) is 0 Å². The van der Waals surface area contributed by atoms with E-state index in [1.54, 1.807) is 6.92 Å². The molecule has 2 aromatic carbocycles. The molecule has 200 valence electrons. The van der Waals surface area contributed by atoms with Gasteiger partial charge in [0.1, 0.15) is 26.4 Å². The Hall–Kier alpha value is -2.52. The first-order valence-electron chi connectivity index (χ1n) is 12.9. The van der Waals surface area contributed by atoms with Crippen molar-refractivity contribution >= 4 is 0 Å². The van der Waals surface area contributed by atoms with E-state index in [0.29, 0.717) is 88.7 Å². The highest BCUT2D eigenvalue weighted by molar-refractivity contribution is 5.44. The normalized spacial score (nSPS) is 17.4. The summed E-state index contributed by atoms with van der Waals surface area (Å²) in [5, 5.41) is 20.0. The molecule has 2 N–H and O–H groups in total. The minimum Gasteiger partial charge on any atom is -0.487 e. The lowest BCUT2D eigenvalue weighted by Gasteiger charge is -2.17. The predicted molar refractivity (Wildman–Crippen MR) is 136 cm³/mol. The van der Waals surface area contributed by atoms with Crippen LogP contribution in [0.15, 0.2) is 36.4 Å². The summed E-state index contributed by atoms with van der Waals surface area (Å²) >= 11 is 0. The highest BCUT2D eigenvalue weighted by Crippen LogP contribution is 2.32. The highest BCUT2D eigenvalue weighted by atomic mass is 16.6. The van der Waals surface area contributed by atoms with Crippen molar-refractivity contribution in [2.24, 2.45) is 0 Å². The zero-order chi connectivity index (χ0) is 25.6. The molecule has 0 aromatic heterocycles. The largest absolute Gasteiger partial charge is 0.487 e. The van der Waals surface area contributed by atoms with Crippen molar-refractivity contribution < 1.29 is 38.6 Å². The Morgan fingerprint density at radius 2 is 1.19 bits per heavy atom. The lowest BCUT2D eigenvalue weighted by molar-refractivity contribution is 0.0638. The maximum atomic E-state index is 10.4. The number of aliphatic hydroxyl groups excluding tert-OH is 2. The molecule has 2 aromatic rings. The number of fused-ring (bicyclic) bond motifs is 2. The number of benzene rings is 2.